The van der Waals surface area contributed by atoms with Crippen molar-refractivity contribution in [3.63, 3.8) is 0 Å². The number of guanidine groups is 1. The first-order valence-corrected chi connectivity index (χ1v) is 18.3. The second-order valence-corrected chi connectivity index (χ2v) is 13.6. The van der Waals surface area contributed by atoms with E-state index in [0.29, 0.717) is 54.0 Å². The maximum Gasteiger partial charge on any atom is 0.258 e. The Morgan fingerprint density at radius 3 is 2.06 bits per heavy atom. The molecule has 0 aliphatic carbocycles. The zero-order valence-electron chi connectivity index (χ0n) is 31.1. The molecule has 0 unspecified atom stereocenters. The van der Waals surface area contributed by atoms with E-state index in [-0.39, 0.29) is 49.5 Å². The van der Waals surface area contributed by atoms with Crippen LogP contribution in [0.2, 0.25) is 0 Å². The lowest BCUT2D eigenvalue weighted by molar-refractivity contribution is -0.129. The van der Waals surface area contributed by atoms with Crippen LogP contribution < -0.4 is 27.0 Å². The van der Waals surface area contributed by atoms with Gasteiger partial charge in [0, 0.05) is 36.6 Å². The predicted molar refractivity (Wildman–Crippen MR) is 209 cm³/mol. The Balaban J connectivity index is 1.51. The van der Waals surface area contributed by atoms with Crippen LogP contribution in [-0.4, -0.2) is 69.8 Å². The summed E-state index contributed by atoms with van der Waals surface area (Å²) in [6.07, 6.45) is -1.07. The van der Waals surface area contributed by atoms with E-state index in [1.54, 1.807) is 19.1 Å². The summed E-state index contributed by atoms with van der Waals surface area (Å²) in [6, 6.07) is 23.9. The van der Waals surface area contributed by atoms with Crippen molar-refractivity contribution in [1.82, 2.24) is 20.5 Å². The highest BCUT2D eigenvalue weighted by Crippen LogP contribution is 2.42. The monoisotopic (exact) mass is 741 g/mol. The van der Waals surface area contributed by atoms with Gasteiger partial charge in [0.25, 0.3) is 5.91 Å². The van der Waals surface area contributed by atoms with Crippen molar-refractivity contribution in [2.24, 2.45) is 5.73 Å². The molecule has 0 saturated carbocycles. The topological polar surface area (TPSA) is 195 Å². The molecule has 1 heterocycles. The Bertz CT molecular complexity index is 1850. The Kier molecular flexibility index (Phi) is 15.3. The number of rotatable bonds is 19. The van der Waals surface area contributed by atoms with E-state index in [9.17, 15) is 29.0 Å². The molecule has 0 radical (unpaired) electrons. The fraction of sp³-hybridized carbons (Fsp3) is 0.366. The Morgan fingerprint density at radius 2 is 1.44 bits per heavy atom. The number of benzene rings is 3. The molecule has 0 spiro atoms. The van der Waals surface area contributed by atoms with Gasteiger partial charge in [-0.25, -0.2) is 4.39 Å². The van der Waals surface area contributed by atoms with Gasteiger partial charge in [-0.15, -0.1) is 0 Å². The molecular formula is C41H52FN7O5. The predicted octanol–water partition coefficient (Wildman–Crippen LogP) is 5.11. The number of hydrogen-bond acceptors (Lipinski definition) is 6. The maximum atomic E-state index is 14.3. The molecule has 0 aliphatic rings. The Hall–Kier alpha value is -5.53. The normalized spacial score (nSPS) is 12.8. The first-order valence-electron chi connectivity index (χ1n) is 18.3. The molecule has 0 fully saturated rings. The Morgan fingerprint density at radius 1 is 0.833 bits per heavy atom. The molecule has 288 valence electrons. The molecule has 0 aliphatic heterocycles. The van der Waals surface area contributed by atoms with Crippen LogP contribution in [0.1, 0.15) is 74.8 Å². The molecular weight excluding hydrogens is 689 g/mol. The molecule has 9 N–H and O–H groups in total. The van der Waals surface area contributed by atoms with Gasteiger partial charge in [-0.1, -0.05) is 62.4 Å². The maximum absolute atomic E-state index is 14.3. The number of nitrogens with one attached hydrogen (secondary N) is 5. The van der Waals surface area contributed by atoms with E-state index in [1.807, 2.05) is 79.1 Å². The SMILES string of the molecule is CC(C)c1c(C(=O)Nc2ccccc2)c(-c2ccccc2)c(-c2ccc(F)cc2)n1CC[C@@H](O)C[C@@H](O)CC(=O)N[C@@H](C)C(=O)NCCCCNC(=N)N. The van der Waals surface area contributed by atoms with Crippen LogP contribution in [0.3, 0.4) is 0 Å². The second-order valence-electron chi connectivity index (χ2n) is 13.6. The van der Waals surface area contributed by atoms with Crippen LogP contribution in [0, 0.1) is 11.2 Å². The molecule has 0 saturated heterocycles. The zero-order chi connectivity index (χ0) is 39.2. The number of carbonyl (C=O) groups is 3. The number of aromatic nitrogens is 1. The van der Waals surface area contributed by atoms with Crippen LogP contribution in [0.25, 0.3) is 22.4 Å². The zero-order valence-corrected chi connectivity index (χ0v) is 31.1. The third-order valence-electron chi connectivity index (χ3n) is 8.93. The summed E-state index contributed by atoms with van der Waals surface area (Å²) in [4.78, 5) is 39.4. The van der Waals surface area contributed by atoms with E-state index >= 15 is 0 Å². The van der Waals surface area contributed by atoms with Crippen molar-refractivity contribution in [2.45, 2.75) is 83.6 Å². The highest BCUT2D eigenvalue weighted by Gasteiger charge is 2.31. The minimum absolute atomic E-state index is 0.0979. The number of aliphatic hydroxyl groups is 2. The number of halogens is 1. The van der Waals surface area contributed by atoms with E-state index in [0.717, 1.165) is 11.3 Å². The number of unbranched alkanes of at least 4 members (excludes halogenated alkanes) is 1. The number of aliphatic hydroxyl groups excluding tert-OH is 2. The smallest absolute Gasteiger partial charge is 0.258 e. The van der Waals surface area contributed by atoms with E-state index in [1.165, 1.54) is 12.1 Å². The van der Waals surface area contributed by atoms with Crippen molar-refractivity contribution in [3.8, 4) is 22.4 Å². The van der Waals surface area contributed by atoms with Crippen molar-refractivity contribution in [1.29, 1.82) is 5.41 Å². The van der Waals surface area contributed by atoms with Gasteiger partial charge in [0.2, 0.25) is 11.8 Å². The van der Waals surface area contributed by atoms with Crippen LogP contribution in [0.4, 0.5) is 10.1 Å². The third-order valence-corrected chi connectivity index (χ3v) is 8.93. The van der Waals surface area contributed by atoms with Crippen molar-refractivity contribution in [2.75, 3.05) is 18.4 Å². The standard InChI is InChI=1S/C41H52FN7O5/c1-26(2)37-36(40(54)48-31-14-8-5-9-15-31)35(28-12-6-4-7-13-28)38(29-16-18-30(42)19-17-29)49(37)23-20-32(50)24-33(51)25-34(52)47-27(3)39(53)45-21-10-11-22-46-41(43)44/h4-9,12-19,26-27,32-33,50-51H,10-11,20-25H2,1-3H3,(H,45,53)(H,47,52)(H,48,54)(H4,43,44,46)/t27-,32+,33+/m0/s1. The molecule has 4 aromatic rings. The molecule has 1 aromatic heterocycles. The number of nitrogens with two attached hydrogens (primary N) is 1. The van der Waals surface area contributed by atoms with Gasteiger partial charge in [-0.3, -0.25) is 19.8 Å². The molecule has 13 heteroatoms. The molecule has 12 nitrogen and oxygen atoms in total. The average molecular weight is 742 g/mol. The summed E-state index contributed by atoms with van der Waals surface area (Å²) in [5.41, 5.74) is 9.92. The lowest BCUT2D eigenvalue weighted by Gasteiger charge is -2.21. The van der Waals surface area contributed by atoms with Gasteiger partial charge in [0.15, 0.2) is 5.96 Å². The van der Waals surface area contributed by atoms with Gasteiger partial charge < -0.3 is 41.8 Å². The van der Waals surface area contributed by atoms with E-state index in [4.69, 9.17) is 11.1 Å². The third kappa shape index (κ3) is 11.7. The summed E-state index contributed by atoms with van der Waals surface area (Å²) in [6.45, 7) is 6.68. The second kappa shape index (κ2) is 20.1. The first-order chi connectivity index (χ1) is 25.8. The van der Waals surface area contributed by atoms with Gasteiger partial charge in [0.1, 0.15) is 11.9 Å². The molecule has 3 atom stereocenters. The summed E-state index contributed by atoms with van der Waals surface area (Å²) < 4.78 is 16.2. The molecule has 54 heavy (non-hydrogen) atoms. The van der Waals surface area contributed by atoms with Gasteiger partial charge in [0.05, 0.1) is 29.9 Å². The minimum Gasteiger partial charge on any atom is -0.393 e. The van der Waals surface area contributed by atoms with Crippen LogP contribution in [0.5, 0.6) is 0 Å². The fourth-order valence-corrected chi connectivity index (χ4v) is 6.42. The van der Waals surface area contributed by atoms with E-state index in [2.05, 4.69) is 21.3 Å². The lowest BCUT2D eigenvalue weighted by atomic mass is 9.94. The first kappa shape index (κ1) is 41.2. The quantitative estimate of drug-likeness (QED) is 0.0371. The van der Waals surface area contributed by atoms with Gasteiger partial charge in [-0.2, -0.15) is 0 Å². The summed E-state index contributed by atoms with van der Waals surface area (Å²) in [5.74, 6) is -1.86. The van der Waals surface area contributed by atoms with Crippen molar-refractivity contribution >= 4 is 29.4 Å². The number of hydrogen-bond donors (Lipinski definition) is 8. The summed E-state index contributed by atoms with van der Waals surface area (Å²) in [5, 5.41) is 40.1. The number of anilines is 1. The highest BCUT2D eigenvalue weighted by molar-refractivity contribution is 6.12. The van der Waals surface area contributed by atoms with Crippen molar-refractivity contribution in [3.05, 3.63) is 102 Å². The minimum atomic E-state index is -1.18. The highest BCUT2D eigenvalue weighted by atomic mass is 19.1. The summed E-state index contributed by atoms with van der Waals surface area (Å²) in [7, 11) is 0. The van der Waals surface area contributed by atoms with Gasteiger partial charge in [-0.05, 0) is 86.1 Å². The fourth-order valence-electron chi connectivity index (χ4n) is 6.42. The number of para-hydroxylation sites is 1. The number of carbonyl (C=O) groups excluding carboxylic acids is 3. The Labute approximate surface area is 315 Å². The largest absolute Gasteiger partial charge is 0.393 e. The van der Waals surface area contributed by atoms with Crippen LogP contribution >= 0.6 is 0 Å². The molecule has 4 rings (SSSR count). The number of nitrogens with zero attached hydrogens (tertiary/aromatic N) is 1. The van der Waals surface area contributed by atoms with Crippen LogP contribution in [0.15, 0.2) is 84.9 Å². The molecule has 3 amide bonds. The van der Waals surface area contributed by atoms with Crippen LogP contribution in [-0.2, 0) is 16.1 Å². The lowest BCUT2D eigenvalue weighted by Crippen LogP contribution is -2.45. The summed E-state index contributed by atoms with van der Waals surface area (Å²) >= 11 is 0. The van der Waals surface area contributed by atoms with E-state index < -0.39 is 30.0 Å². The van der Waals surface area contributed by atoms with Gasteiger partial charge >= 0.3 is 0 Å². The van der Waals surface area contributed by atoms with Crippen molar-refractivity contribution < 1.29 is 29.0 Å². The average Bonchev–Trinajstić information content (AvgIpc) is 3.48. The molecule has 3 aromatic carbocycles. The molecule has 0 bridgehead atoms. The number of amides is 3.